The normalized spacial score (nSPS) is 14.3. The molecule has 4 rings (SSSR count). The predicted molar refractivity (Wildman–Crippen MR) is 160 cm³/mol. The summed E-state index contributed by atoms with van der Waals surface area (Å²) in [4.78, 5) is 29.3. The first-order valence-electron chi connectivity index (χ1n) is 14.1. The average molecular weight is 578 g/mol. The first-order chi connectivity index (χ1) is 19.7. The van der Waals surface area contributed by atoms with Gasteiger partial charge in [0.05, 0.1) is 17.7 Å². The largest absolute Gasteiger partial charge is 0.497 e. The smallest absolute Gasteiger partial charge is 0.264 e. The van der Waals surface area contributed by atoms with Crippen LogP contribution in [0, 0.1) is 6.92 Å². The SMILES string of the molecule is CC[C@H](C(=O)NC1CCCC1)N(Cc1ccc(OC)cc1)C(=O)CN(c1cccc(C)c1)S(=O)(=O)c1ccccc1. The third-order valence-electron chi connectivity index (χ3n) is 7.50. The fourth-order valence-corrected chi connectivity index (χ4v) is 6.67. The zero-order chi connectivity index (χ0) is 29.4. The number of carbonyl (C=O) groups is 2. The van der Waals surface area contributed by atoms with Crippen molar-refractivity contribution in [2.75, 3.05) is 18.0 Å². The summed E-state index contributed by atoms with van der Waals surface area (Å²) in [6.07, 6.45) is 4.37. The highest BCUT2D eigenvalue weighted by Crippen LogP contribution is 2.26. The molecule has 1 aliphatic carbocycles. The maximum atomic E-state index is 14.2. The Balaban J connectivity index is 1.70. The van der Waals surface area contributed by atoms with E-state index in [0.717, 1.165) is 41.1 Å². The van der Waals surface area contributed by atoms with E-state index in [2.05, 4.69) is 5.32 Å². The van der Waals surface area contributed by atoms with Gasteiger partial charge in [-0.05, 0) is 73.7 Å². The summed E-state index contributed by atoms with van der Waals surface area (Å²) in [6.45, 7) is 3.43. The molecule has 0 aliphatic heterocycles. The minimum Gasteiger partial charge on any atom is -0.497 e. The number of nitrogens with one attached hydrogen (secondary N) is 1. The molecule has 3 aromatic rings. The number of hydrogen-bond donors (Lipinski definition) is 1. The Morgan fingerprint density at radius 2 is 1.66 bits per heavy atom. The van der Waals surface area contributed by atoms with Crippen LogP contribution in [0.5, 0.6) is 5.75 Å². The van der Waals surface area contributed by atoms with Crippen LogP contribution in [0.4, 0.5) is 5.69 Å². The third kappa shape index (κ3) is 7.47. The number of nitrogens with zero attached hydrogens (tertiary/aromatic N) is 2. The number of aryl methyl sites for hydroxylation is 1. The molecule has 0 saturated heterocycles. The van der Waals surface area contributed by atoms with Crippen molar-refractivity contribution in [1.82, 2.24) is 10.2 Å². The van der Waals surface area contributed by atoms with Gasteiger partial charge in [-0.2, -0.15) is 0 Å². The molecule has 3 aromatic carbocycles. The summed E-state index contributed by atoms with van der Waals surface area (Å²) < 4.78 is 34.2. The summed E-state index contributed by atoms with van der Waals surface area (Å²) >= 11 is 0. The van der Waals surface area contributed by atoms with Gasteiger partial charge in [0.2, 0.25) is 11.8 Å². The molecule has 0 heterocycles. The Morgan fingerprint density at radius 3 is 2.27 bits per heavy atom. The monoisotopic (exact) mass is 577 g/mol. The maximum absolute atomic E-state index is 14.2. The van der Waals surface area contributed by atoms with E-state index in [9.17, 15) is 18.0 Å². The van der Waals surface area contributed by atoms with Crippen molar-refractivity contribution < 1.29 is 22.7 Å². The molecule has 8 nitrogen and oxygen atoms in total. The second-order valence-corrected chi connectivity index (χ2v) is 12.3. The van der Waals surface area contributed by atoms with Crippen molar-refractivity contribution in [2.45, 2.75) is 69.5 Å². The molecule has 0 spiro atoms. The molecule has 0 radical (unpaired) electrons. The topological polar surface area (TPSA) is 96.0 Å². The zero-order valence-electron chi connectivity index (χ0n) is 24.0. The van der Waals surface area contributed by atoms with Crippen LogP contribution in [0.3, 0.4) is 0 Å². The van der Waals surface area contributed by atoms with Crippen LogP contribution in [0.15, 0.2) is 83.8 Å². The Hall–Kier alpha value is -3.85. The van der Waals surface area contributed by atoms with E-state index in [-0.39, 0.29) is 23.4 Å². The van der Waals surface area contributed by atoms with E-state index in [1.165, 1.54) is 17.0 Å². The van der Waals surface area contributed by atoms with Gasteiger partial charge in [0, 0.05) is 12.6 Å². The van der Waals surface area contributed by atoms with E-state index in [4.69, 9.17) is 4.74 Å². The second-order valence-electron chi connectivity index (χ2n) is 10.4. The number of hydrogen-bond acceptors (Lipinski definition) is 5. The van der Waals surface area contributed by atoms with Gasteiger partial charge in [-0.15, -0.1) is 0 Å². The molecule has 218 valence electrons. The highest BCUT2D eigenvalue weighted by Gasteiger charge is 2.34. The van der Waals surface area contributed by atoms with Crippen molar-refractivity contribution in [3.8, 4) is 5.75 Å². The standard InChI is InChI=1S/C32H39N3O5S/c1-4-30(32(37)33-26-12-8-9-13-26)34(22-25-17-19-28(40-3)20-18-25)31(36)23-35(27-14-10-11-24(2)21-27)41(38,39)29-15-6-5-7-16-29/h5-7,10-11,14-21,26,30H,4,8-9,12-13,22-23H2,1-3H3,(H,33,37)/t30-/m1/s1. The minimum absolute atomic E-state index is 0.0852. The highest BCUT2D eigenvalue weighted by molar-refractivity contribution is 7.92. The Morgan fingerprint density at radius 1 is 0.976 bits per heavy atom. The third-order valence-corrected chi connectivity index (χ3v) is 9.29. The minimum atomic E-state index is -4.08. The van der Waals surface area contributed by atoms with E-state index >= 15 is 0 Å². The molecule has 1 aliphatic rings. The fraction of sp³-hybridized carbons (Fsp3) is 0.375. The molecule has 1 atom stereocenters. The van der Waals surface area contributed by atoms with Crippen molar-refractivity contribution in [2.24, 2.45) is 0 Å². The van der Waals surface area contributed by atoms with Gasteiger partial charge in [-0.1, -0.05) is 62.2 Å². The lowest BCUT2D eigenvalue weighted by molar-refractivity contribution is -0.140. The molecule has 1 saturated carbocycles. The summed E-state index contributed by atoms with van der Waals surface area (Å²) in [5.41, 5.74) is 2.05. The van der Waals surface area contributed by atoms with Gasteiger partial charge in [-0.3, -0.25) is 13.9 Å². The quantitative estimate of drug-likeness (QED) is 0.325. The van der Waals surface area contributed by atoms with Crippen molar-refractivity contribution in [3.63, 3.8) is 0 Å². The van der Waals surface area contributed by atoms with Gasteiger partial charge in [0.15, 0.2) is 0 Å². The highest BCUT2D eigenvalue weighted by atomic mass is 32.2. The summed E-state index contributed by atoms with van der Waals surface area (Å²) in [5, 5.41) is 3.13. The maximum Gasteiger partial charge on any atom is 0.264 e. The van der Waals surface area contributed by atoms with Crippen molar-refractivity contribution in [1.29, 1.82) is 0 Å². The molecule has 0 bridgehead atoms. The van der Waals surface area contributed by atoms with Crippen LogP contribution in [0.25, 0.3) is 0 Å². The van der Waals surface area contributed by atoms with Gasteiger partial charge in [0.25, 0.3) is 10.0 Å². The lowest BCUT2D eigenvalue weighted by Crippen LogP contribution is -2.53. The Kier molecular flexibility index (Phi) is 10.0. The molecule has 41 heavy (non-hydrogen) atoms. The zero-order valence-corrected chi connectivity index (χ0v) is 24.8. The van der Waals surface area contributed by atoms with E-state index in [1.54, 1.807) is 55.6 Å². The van der Waals surface area contributed by atoms with Crippen LogP contribution in [0.2, 0.25) is 0 Å². The molecule has 1 N–H and O–H groups in total. The van der Waals surface area contributed by atoms with E-state index < -0.39 is 28.5 Å². The van der Waals surface area contributed by atoms with Crippen LogP contribution >= 0.6 is 0 Å². The molecule has 0 unspecified atom stereocenters. The molecule has 0 aromatic heterocycles. The van der Waals surface area contributed by atoms with E-state index in [1.807, 2.05) is 32.0 Å². The van der Waals surface area contributed by atoms with Gasteiger partial charge in [0.1, 0.15) is 18.3 Å². The first-order valence-corrected chi connectivity index (χ1v) is 15.5. The summed E-state index contributed by atoms with van der Waals surface area (Å²) in [6, 6.07) is 21.8. The number of carbonyl (C=O) groups excluding carboxylic acids is 2. The fourth-order valence-electron chi connectivity index (χ4n) is 5.25. The number of ether oxygens (including phenoxy) is 1. The second kappa shape index (κ2) is 13.7. The molecular formula is C32H39N3O5S. The van der Waals surface area contributed by atoms with Gasteiger partial charge < -0.3 is 15.0 Å². The lowest BCUT2D eigenvalue weighted by atomic mass is 10.1. The van der Waals surface area contributed by atoms with Crippen LogP contribution in [-0.4, -0.2) is 50.9 Å². The van der Waals surface area contributed by atoms with Crippen molar-refractivity contribution >= 4 is 27.5 Å². The molecule has 9 heteroatoms. The lowest BCUT2D eigenvalue weighted by Gasteiger charge is -2.34. The van der Waals surface area contributed by atoms with Gasteiger partial charge in [-0.25, -0.2) is 8.42 Å². The molecular weight excluding hydrogens is 538 g/mol. The summed E-state index contributed by atoms with van der Waals surface area (Å²) in [7, 11) is -2.50. The van der Waals surface area contributed by atoms with Gasteiger partial charge >= 0.3 is 0 Å². The number of sulfonamides is 1. The summed E-state index contributed by atoms with van der Waals surface area (Å²) in [5.74, 6) is 0.00163. The molecule has 2 amide bonds. The number of anilines is 1. The number of benzene rings is 3. The predicted octanol–water partition coefficient (Wildman–Crippen LogP) is 5.07. The number of methoxy groups -OCH3 is 1. The Labute approximate surface area is 243 Å². The molecule has 1 fully saturated rings. The van der Waals surface area contributed by atoms with Crippen LogP contribution < -0.4 is 14.4 Å². The first kappa shape index (κ1) is 30.1. The van der Waals surface area contributed by atoms with E-state index in [0.29, 0.717) is 17.9 Å². The van der Waals surface area contributed by atoms with Crippen LogP contribution in [0.1, 0.15) is 50.2 Å². The number of amides is 2. The van der Waals surface area contributed by atoms with Crippen molar-refractivity contribution in [3.05, 3.63) is 90.0 Å². The number of rotatable bonds is 12. The van der Waals surface area contributed by atoms with Crippen LogP contribution in [-0.2, 0) is 26.2 Å². The Bertz CT molecular complexity index is 1420. The average Bonchev–Trinajstić information content (AvgIpc) is 3.49.